The number of rotatable bonds is 11. The number of aliphatic hydroxyl groups excluding tert-OH is 2. The fourth-order valence-electron chi connectivity index (χ4n) is 2.96. The third-order valence-electron chi connectivity index (χ3n) is 5.20. The van der Waals surface area contributed by atoms with E-state index in [1.165, 1.54) is 0 Å². The molecule has 0 aromatic heterocycles. The van der Waals surface area contributed by atoms with E-state index in [2.05, 4.69) is 0 Å². The first-order chi connectivity index (χ1) is 16.1. The summed E-state index contributed by atoms with van der Waals surface area (Å²) in [6.45, 7) is 5.10. The Bertz CT molecular complexity index is 844. The summed E-state index contributed by atoms with van der Waals surface area (Å²) in [5.41, 5.74) is 1.78. The lowest BCUT2D eigenvalue weighted by Crippen LogP contribution is -2.44. The van der Waals surface area contributed by atoms with Crippen molar-refractivity contribution in [2.24, 2.45) is 0 Å². The Balaban J connectivity index is 0.000000489. The predicted octanol–water partition coefficient (Wildman–Crippen LogP) is 1.59. The van der Waals surface area contributed by atoms with E-state index in [-0.39, 0.29) is 23.8 Å². The molecule has 0 aliphatic carbocycles. The van der Waals surface area contributed by atoms with Crippen LogP contribution in [-0.2, 0) is 19.1 Å². The van der Waals surface area contributed by atoms with Gasteiger partial charge in [-0.1, -0.05) is 60.7 Å². The maximum absolute atomic E-state index is 12.7. The zero-order chi connectivity index (χ0) is 25.7. The second kappa shape index (κ2) is 14.1. The van der Waals surface area contributed by atoms with Gasteiger partial charge in [0.15, 0.2) is 12.2 Å². The molecule has 0 heterocycles. The number of hydrogen-bond acceptors (Lipinski definition) is 7. The van der Waals surface area contributed by atoms with Crippen LogP contribution in [0.5, 0.6) is 0 Å². The molecule has 4 N–H and O–H groups in total. The van der Waals surface area contributed by atoms with Crippen molar-refractivity contribution < 1.29 is 44.2 Å². The SMILES string of the molecule is CC[N+]([O-])(CC)CCOC(=O)C(c1ccccc1)c1ccccc1.O=C(O)C(O)C(O)C(=O)O. The van der Waals surface area contributed by atoms with Crippen LogP contribution in [0.1, 0.15) is 30.9 Å². The summed E-state index contributed by atoms with van der Waals surface area (Å²) in [7, 11) is 0. The highest BCUT2D eigenvalue weighted by molar-refractivity contribution is 5.83. The number of carbonyl (C=O) groups is 3. The number of aliphatic hydroxyl groups is 2. The summed E-state index contributed by atoms with van der Waals surface area (Å²) < 4.78 is 5.12. The zero-order valence-corrected chi connectivity index (χ0v) is 19.1. The van der Waals surface area contributed by atoms with Gasteiger partial charge in [0, 0.05) is 0 Å². The molecule has 0 fully saturated rings. The molecule has 0 spiro atoms. The molecule has 10 nitrogen and oxygen atoms in total. The molecule has 2 rings (SSSR count). The van der Waals surface area contributed by atoms with Crippen molar-refractivity contribution in [1.29, 1.82) is 0 Å². The van der Waals surface area contributed by atoms with Crippen LogP contribution in [0.4, 0.5) is 0 Å². The van der Waals surface area contributed by atoms with E-state index < -0.39 is 30.1 Å². The number of aliphatic carboxylic acids is 2. The minimum absolute atomic E-state index is 0.139. The van der Waals surface area contributed by atoms with Crippen LogP contribution in [0.25, 0.3) is 0 Å². The first kappa shape index (κ1) is 28.7. The molecule has 2 aromatic carbocycles. The molecule has 0 bridgehead atoms. The molecule has 2 aromatic rings. The van der Waals surface area contributed by atoms with Gasteiger partial charge in [-0.2, -0.15) is 0 Å². The lowest BCUT2D eigenvalue weighted by molar-refractivity contribution is -0.877. The lowest BCUT2D eigenvalue weighted by atomic mass is 9.91. The van der Waals surface area contributed by atoms with Crippen molar-refractivity contribution in [3.05, 3.63) is 77.0 Å². The van der Waals surface area contributed by atoms with Gasteiger partial charge in [-0.3, -0.25) is 4.79 Å². The van der Waals surface area contributed by atoms with Crippen LogP contribution in [0, 0.1) is 5.21 Å². The second-order valence-electron chi connectivity index (χ2n) is 7.40. The quantitative estimate of drug-likeness (QED) is 0.214. The van der Waals surface area contributed by atoms with Crippen molar-refractivity contribution in [3.8, 4) is 0 Å². The maximum Gasteiger partial charge on any atom is 0.335 e. The van der Waals surface area contributed by atoms with Crippen LogP contribution < -0.4 is 0 Å². The van der Waals surface area contributed by atoms with Gasteiger partial charge in [-0.15, -0.1) is 0 Å². The molecule has 2 atom stereocenters. The molecule has 2 unspecified atom stereocenters. The van der Waals surface area contributed by atoms with Crippen molar-refractivity contribution in [1.82, 2.24) is 0 Å². The first-order valence-corrected chi connectivity index (χ1v) is 10.7. The monoisotopic (exact) mass is 477 g/mol. The number of esters is 1. The van der Waals surface area contributed by atoms with Gasteiger partial charge in [0.05, 0.1) is 13.1 Å². The average molecular weight is 478 g/mol. The summed E-state index contributed by atoms with van der Waals surface area (Å²) >= 11 is 0. The molecule has 0 radical (unpaired) electrons. The third kappa shape index (κ3) is 8.91. The summed E-state index contributed by atoms with van der Waals surface area (Å²) in [6, 6.07) is 19.2. The lowest BCUT2D eigenvalue weighted by Gasteiger charge is -2.40. The number of likely N-dealkylation sites (N-methyl/N-ethyl adjacent to an activating group) is 1. The van der Waals surface area contributed by atoms with E-state index in [9.17, 15) is 19.6 Å². The van der Waals surface area contributed by atoms with E-state index in [1.807, 2.05) is 74.5 Å². The molecular weight excluding hydrogens is 446 g/mol. The number of carboxylic acid groups (broad SMARTS) is 2. The Hall–Kier alpha value is -3.31. The fraction of sp³-hybridized carbons (Fsp3) is 0.375. The third-order valence-corrected chi connectivity index (χ3v) is 5.20. The number of quaternary nitrogens is 1. The Morgan fingerprint density at radius 2 is 1.21 bits per heavy atom. The zero-order valence-electron chi connectivity index (χ0n) is 19.1. The van der Waals surface area contributed by atoms with Gasteiger partial charge in [-0.05, 0) is 25.0 Å². The number of nitrogens with zero attached hydrogens (tertiary/aromatic N) is 1. The smallest absolute Gasteiger partial charge is 0.335 e. The Labute approximate surface area is 197 Å². The Morgan fingerprint density at radius 3 is 1.53 bits per heavy atom. The van der Waals surface area contributed by atoms with E-state index >= 15 is 0 Å². The molecule has 0 saturated carbocycles. The molecule has 34 heavy (non-hydrogen) atoms. The standard InChI is InChI=1S/C20H25NO3.C4H6O6/c1-3-21(23,4-2)15-16-24-20(22)19(17-11-7-5-8-12-17)18-13-9-6-10-14-18;5-1(3(7)8)2(6)4(9)10/h5-14,19H,3-4,15-16H2,1-2H3;1-2,5-6H,(H,7,8)(H,9,10). The Kier molecular flexibility index (Phi) is 11.9. The van der Waals surface area contributed by atoms with Crippen LogP contribution in [-0.4, -0.2) is 81.4 Å². The van der Waals surface area contributed by atoms with Crippen molar-refractivity contribution in [2.45, 2.75) is 32.0 Å². The topological polar surface area (TPSA) is 164 Å². The van der Waals surface area contributed by atoms with E-state index in [1.54, 1.807) is 0 Å². The maximum atomic E-state index is 12.7. The molecule has 0 aliphatic rings. The number of carbonyl (C=O) groups excluding carboxylic acids is 1. The number of carboxylic acids is 2. The van der Waals surface area contributed by atoms with E-state index in [4.69, 9.17) is 25.2 Å². The summed E-state index contributed by atoms with van der Waals surface area (Å²) in [4.78, 5) is 32.2. The summed E-state index contributed by atoms with van der Waals surface area (Å²) in [6.07, 6.45) is -4.53. The molecule has 0 amide bonds. The highest BCUT2D eigenvalue weighted by Gasteiger charge is 2.29. The van der Waals surface area contributed by atoms with E-state index in [0.717, 1.165) is 11.1 Å². The summed E-state index contributed by atoms with van der Waals surface area (Å²) in [5.74, 6) is -4.32. The van der Waals surface area contributed by atoms with Gasteiger partial charge < -0.3 is 35.0 Å². The normalized spacial score (nSPS) is 12.8. The van der Waals surface area contributed by atoms with Crippen LogP contribution in [0.15, 0.2) is 60.7 Å². The Morgan fingerprint density at radius 1 is 0.824 bits per heavy atom. The van der Waals surface area contributed by atoms with Gasteiger partial charge in [-0.25, -0.2) is 9.59 Å². The highest BCUT2D eigenvalue weighted by Crippen LogP contribution is 2.26. The number of ether oxygens (including phenoxy) is 1. The van der Waals surface area contributed by atoms with Crippen molar-refractivity contribution >= 4 is 17.9 Å². The fourth-order valence-corrected chi connectivity index (χ4v) is 2.96. The molecular formula is C24H31NO9. The first-order valence-electron chi connectivity index (χ1n) is 10.7. The van der Waals surface area contributed by atoms with Gasteiger partial charge >= 0.3 is 17.9 Å². The van der Waals surface area contributed by atoms with Crippen molar-refractivity contribution in [3.63, 3.8) is 0 Å². The van der Waals surface area contributed by atoms with Crippen molar-refractivity contribution in [2.75, 3.05) is 26.2 Å². The van der Waals surface area contributed by atoms with Crippen LogP contribution >= 0.6 is 0 Å². The number of hydrogen-bond donors (Lipinski definition) is 4. The number of hydroxylamine groups is 3. The van der Waals surface area contributed by atoms with Gasteiger partial charge in [0.25, 0.3) is 0 Å². The largest absolute Gasteiger partial charge is 0.633 e. The van der Waals surface area contributed by atoms with Crippen LogP contribution in [0.3, 0.4) is 0 Å². The molecule has 0 saturated heterocycles. The second-order valence-corrected chi connectivity index (χ2v) is 7.40. The average Bonchev–Trinajstić information content (AvgIpc) is 2.84. The minimum Gasteiger partial charge on any atom is -0.633 e. The van der Waals surface area contributed by atoms with Crippen LogP contribution in [0.2, 0.25) is 0 Å². The minimum atomic E-state index is -2.27. The molecule has 186 valence electrons. The predicted molar refractivity (Wildman–Crippen MR) is 123 cm³/mol. The molecule has 10 heteroatoms. The number of benzene rings is 2. The highest BCUT2D eigenvalue weighted by atomic mass is 16.6. The molecule has 0 aliphatic heterocycles. The van der Waals surface area contributed by atoms with Gasteiger partial charge in [0.1, 0.15) is 19.1 Å². The summed E-state index contributed by atoms with van der Waals surface area (Å²) in [5, 5.41) is 44.8. The van der Waals surface area contributed by atoms with Gasteiger partial charge in [0.2, 0.25) is 0 Å². The van der Waals surface area contributed by atoms with E-state index in [0.29, 0.717) is 13.1 Å².